The van der Waals surface area contributed by atoms with E-state index >= 15 is 0 Å². The minimum absolute atomic E-state index is 0.227. The molecule has 2 N–H and O–H groups in total. The maximum atomic E-state index is 10.4. The van der Waals surface area contributed by atoms with Crippen molar-refractivity contribution in [3.05, 3.63) is 11.6 Å². The Morgan fingerprint density at radius 3 is 3.00 bits per heavy atom. The Morgan fingerprint density at radius 2 is 2.42 bits per heavy atom. The van der Waals surface area contributed by atoms with Crippen molar-refractivity contribution in [3.63, 3.8) is 0 Å². The maximum Gasteiger partial charge on any atom is 0.392 e. The van der Waals surface area contributed by atoms with Crippen LogP contribution in [0, 0.1) is 6.92 Å². The molecule has 0 spiro atoms. The standard InChI is InChI=1S/C6H5N3O3/c1-2-3-4(9-8-2)12-5(7-3)6(10)11/h1H3,(H,8,9)(H,10,11). The molecule has 0 saturated carbocycles. The Kier molecular flexibility index (Phi) is 1.18. The molecule has 0 amide bonds. The second-order valence-electron chi connectivity index (χ2n) is 2.33. The van der Waals surface area contributed by atoms with Gasteiger partial charge in [0.2, 0.25) is 0 Å². The molecule has 0 aliphatic carbocycles. The van der Waals surface area contributed by atoms with E-state index < -0.39 is 5.97 Å². The summed E-state index contributed by atoms with van der Waals surface area (Å²) in [5.41, 5.74) is 1.39. The first-order valence-corrected chi connectivity index (χ1v) is 3.23. The predicted molar refractivity (Wildman–Crippen MR) is 37.9 cm³/mol. The quantitative estimate of drug-likeness (QED) is 0.647. The third-order valence-electron chi connectivity index (χ3n) is 1.47. The van der Waals surface area contributed by atoms with Crippen LogP contribution in [-0.4, -0.2) is 26.3 Å². The SMILES string of the molecule is Cc1[nH]nc2oc(C(=O)O)nc12. The summed E-state index contributed by atoms with van der Waals surface area (Å²) in [4.78, 5) is 14.1. The number of aryl methyl sites for hydroxylation is 1. The molecule has 6 heteroatoms. The molecule has 0 atom stereocenters. The van der Waals surface area contributed by atoms with Gasteiger partial charge in [-0.05, 0) is 6.92 Å². The van der Waals surface area contributed by atoms with E-state index in [1.165, 1.54) is 0 Å². The molecule has 2 aromatic rings. The van der Waals surface area contributed by atoms with Gasteiger partial charge in [-0.3, -0.25) is 5.10 Å². The van der Waals surface area contributed by atoms with Crippen LogP contribution in [0.2, 0.25) is 0 Å². The van der Waals surface area contributed by atoms with Crippen LogP contribution >= 0.6 is 0 Å². The number of fused-ring (bicyclic) bond motifs is 1. The fraction of sp³-hybridized carbons (Fsp3) is 0.167. The third-order valence-corrected chi connectivity index (χ3v) is 1.47. The summed E-state index contributed by atoms with van der Waals surface area (Å²) < 4.78 is 4.80. The number of aromatic nitrogens is 3. The van der Waals surface area contributed by atoms with Crippen LogP contribution in [0.3, 0.4) is 0 Å². The first kappa shape index (κ1) is 6.84. The molecular weight excluding hydrogens is 162 g/mol. The number of hydrogen-bond acceptors (Lipinski definition) is 4. The Labute approximate surface area is 66.2 Å². The maximum absolute atomic E-state index is 10.4. The van der Waals surface area contributed by atoms with Gasteiger partial charge in [-0.25, -0.2) is 4.79 Å². The molecule has 0 unspecified atom stereocenters. The third kappa shape index (κ3) is 0.777. The monoisotopic (exact) mass is 167 g/mol. The van der Waals surface area contributed by atoms with Crippen LogP contribution in [0.4, 0.5) is 0 Å². The summed E-state index contributed by atoms with van der Waals surface area (Å²) in [6, 6.07) is 0. The first-order valence-electron chi connectivity index (χ1n) is 3.23. The smallest absolute Gasteiger partial charge is 0.392 e. The second-order valence-corrected chi connectivity index (χ2v) is 2.33. The van der Waals surface area contributed by atoms with Gasteiger partial charge in [0.1, 0.15) is 0 Å². The molecule has 0 aliphatic heterocycles. The molecule has 0 bridgehead atoms. The van der Waals surface area contributed by atoms with Gasteiger partial charge in [-0.1, -0.05) is 0 Å². The van der Waals surface area contributed by atoms with Gasteiger partial charge in [-0.15, -0.1) is 5.10 Å². The Balaban J connectivity index is 2.70. The first-order chi connectivity index (χ1) is 5.68. The van der Waals surface area contributed by atoms with Crippen LogP contribution in [0.5, 0.6) is 0 Å². The van der Waals surface area contributed by atoms with Crippen molar-refractivity contribution >= 4 is 17.2 Å². The van der Waals surface area contributed by atoms with Gasteiger partial charge in [-0.2, -0.15) is 4.98 Å². The minimum Gasteiger partial charge on any atom is -0.474 e. The Morgan fingerprint density at radius 1 is 1.67 bits per heavy atom. The highest BCUT2D eigenvalue weighted by molar-refractivity contribution is 5.86. The zero-order chi connectivity index (χ0) is 8.72. The summed E-state index contributed by atoms with van der Waals surface area (Å²) in [6.07, 6.45) is 0. The molecule has 62 valence electrons. The number of carbonyl (C=O) groups is 1. The van der Waals surface area contributed by atoms with Gasteiger partial charge in [0, 0.05) is 0 Å². The normalized spacial score (nSPS) is 10.8. The largest absolute Gasteiger partial charge is 0.474 e. The second kappa shape index (κ2) is 2.07. The number of carboxylic acids is 1. The lowest BCUT2D eigenvalue weighted by molar-refractivity contribution is 0.0656. The molecule has 0 fully saturated rings. The molecule has 0 radical (unpaired) electrons. The molecule has 2 rings (SSSR count). The zero-order valence-electron chi connectivity index (χ0n) is 6.16. The van der Waals surface area contributed by atoms with Gasteiger partial charge in [0.05, 0.1) is 5.69 Å². The van der Waals surface area contributed by atoms with Crippen molar-refractivity contribution in [1.82, 2.24) is 15.2 Å². The summed E-state index contributed by atoms with van der Waals surface area (Å²) in [5.74, 6) is -1.52. The molecule has 0 saturated heterocycles. The highest BCUT2D eigenvalue weighted by Crippen LogP contribution is 2.15. The Hall–Kier alpha value is -1.85. The van der Waals surface area contributed by atoms with Crippen LogP contribution in [-0.2, 0) is 0 Å². The highest BCUT2D eigenvalue weighted by atomic mass is 16.4. The van der Waals surface area contributed by atoms with Crippen molar-refractivity contribution in [1.29, 1.82) is 0 Å². The number of rotatable bonds is 1. The van der Waals surface area contributed by atoms with Gasteiger partial charge < -0.3 is 9.52 Å². The number of nitrogens with zero attached hydrogens (tertiary/aromatic N) is 2. The van der Waals surface area contributed by atoms with E-state index in [2.05, 4.69) is 15.2 Å². The summed E-state index contributed by atoms with van der Waals surface area (Å²) in [7, 11) is 0. The molecule has 2 aromatic heterocycles. The number of H-pyrrole nitrogens is 1. The number of hydrogen-bond donors (Lipinski definition) is 2. The molecular formula is C6H5N3O3. The lowest BCUT2D eigenvalue weighted by atomic mass is 10.4. The Bertz CT molecular complexity index is 442. The summed E-state index contributed by atoms with van der Waals surface area (Å²) >= 11 is 0. The minimum atomic E-state index is -1.19. The molecule has 2 heterocycles. The molecule has 12 heavy (non-hydrogen) atoms. The van der Waals surface area contributed by atoms with Gasteiger partial charge in [0.15, 0.2) is 5.52 Å². The van der Waals surface area contributed by atoms with Crippen LogP contribution in [0.25, 0.3) is 11.2 Å². The fourth-order valence-corrected chi connectivity index (χ4v) is 0.911. The van der Waals surface area contributed by atoms with E-state index in [4.69, 9.17) is 9.52 Å². The molecule has 0 aromatic carbocycles. The van der Waals surface area contributed by atoms with Crippen molar-refractivity contribution < 1.29 is 14.3 Å². The van der Waals surface area contributed by atoms with E-state index in [9.17, 15) is 4.79 Å². The average Bonchev–Trinajstić information content (AvgIpc) is 2.53. The summed E-state index contributed by atoms with van der Waals surface area (Å²) in [6.45, 7) is 1.74. The van der Waals surface area contributed by atoms with Crippen molar-refractivity contribution in [3.8, 4) is 0 Å². The van der Waals surface area contributed by atoms with E-state index in [-0.39, 0.29) is 11.6 Å². The van der Waals surface area contributed by atoms with E-state index in [1.54, 1.807) is 6.92 Å². The lowest BCUT2D eigenvalue weighted by Gasteiger charge is -1.80. The van der Waals surface area contributed by atoms with E-state index in [0.717, 1.165) is 0 Å². The van der Waals surface area contributed by atoms with Crippen LogP contribution in [0.1, 0.15) is 16.4 Å². The fourth-order valence-electron chi connectivity index (χ4n) is 0.911. The van der Waals surface area contributed by atoms with Crippen LogP contribution in [0.15, 0.2) is 4.42 Å². The number of nitrogens with one attached hydrogen (secondary N) is 1. The molecule has 6 nitrogen and oxygen atoms in total. The van der Waals surface area contributed by atoms with E-state index in [0.29, 0.717) is 11.2 Å². The number of aromatic amines is 1. The zero-order valence-corrected chi connectivity index (χ0v) is 6.16. The lowest BCUT2D eigenvalue weighted by Crippen LogP contribution is -1.95. The predicted octanol–water partition coefficient (Wildman–Crippen LogP) is 0.558. The topological polar surface area (TPSA) is 92.0 Å². The average molecular weight is 167 g/mol. The van der Waals surface area contributed by atoms with Crippen molar-refractivity contribution in [2.75, 3.05) is 0 Å². The van der Waals surface area contributed by atoms with Crippen molar-refractivity contribution in [2.45, 2.75) is 6.92 Å². The van der Waals surface area contributed by atoms with Crippen LogP contribution < -0.4 is 0 Å². The number of aromatic carboxylic acids is 1. The highest BCUT2D eigenvalue weighted by Gasteiger charge is 2.15. The number of oxazole rings is 1. The van der Waals surface area contributed by atoms with E-state index in [1.807, 2.05) is 0 Å². The molecule has 0 aliphatic rings. The summed E-state index contributed by atoms with van der Waals surface area (Å²) in [5, 5.41) is 14.8. The van der Waals surface area contributed by atoms with Crippen molar-refractivity contribution in [2.24, 2.45) is 0 Å². The van der Waals surface area contributed by atoms with Gasteiger partial charge in [0.25, 0.3) is 5.71 Å². The van der Waals surface area contributed by atoms with Gasteiger partial charge >= 0.3 is 11.9 Å². The number of carboxylic acid groups (broad SMARTS) is 1.